The van der Waals surface area contributed by atoms with Crippen LogP contribution in [0.1, 0.15) is 17.2 Å². The summed E-state index contributed by atoms with van der Waals surface area (Å²) in [5.74, 6) is -0.362. The lowest BCUT2D eigenvalue weighted by atomic mass is 10.1. The Hall–Kier alpha value is -2.33. The van der Waals surface area contributed by atoms with Gasteiger partial charge in [-0.05, 0) is 36.2 Å². The van der Waals surface area contributed by atoms with Crippen molar-refractivity contribution in [1.29, 1.82) is 0 Å². The molecule has 19 heavy (non-hydrogen) atoms. The maximum atomic E-state index is 11.9. The Labute approximate surface area is 111 Å². The molecule has 0 saturated heterocycles. The molecule has 1 atom stereocenters. The van der Waals surface area contributed by atoms with E-state index in [9.17, 15) is 15.0 Å². The van der Waals surface area contributed by atoms with Gasteiger partial charge in [0, 0.05) is 5.69 Å². The van der Waals surface area contributed by atoms with Crippen LogP contribution in [0.15, 0.2) is 48.5 Å². The zero-order valence-electron chi connectivity index (χ0n) is 10.5. The highest BCUT2D eigenvalue weighted by Gasteiger charge is 2.17. The van der Waals surface area contributed by atoms with Gasteiger partial charge in [-0.1, -0.05) is 30.3 Å². The van der Waals surface area contributed by atoms with E-state index in [-0.39, 0.29) is 5.75 Å². The molecule has 0 aromatic heterocycles. The maximum Gasteiger partial charge on any atom is 0.257 e. The number of aliphatic hydroxyl groups excluding tert-OH is 1. The third-order valence-electron chi connectivity index (χ3n) is 2.83. The number of hydrogen-bond donors (Lipinski definition) is 3. The molecule has 0 aliphatic heterocycles. The average molecular weight is 257 g/mol. The third kappa shape index (κ3) is 3.11. The molecule has 4 heteroatoms. The van der Waals surface area contributed by atoms with Gasteiger partial charge in [0.25, 0.3) is 5.91 Å². The van der Waals surface area contributed by atoms with Gasteiger partial charge in [-0.15, -0.1) is 0 Å². The minimum absolute atomic E-state index is 0.138. The monoisotopic (exact) mass is 257 g/mol. The number of aromatic hydroxyl groups is 1. The summed E-state index contributed by atoms with van der Waals surface area (Å²) in [4.78, 5) is 11.9. The van der Waals surface area contributed by atoms with Gasteiger partial charge >= 0.3 is 0 Å². The highest BCUT2D eigenvalue weighted by Crippen LogP contribution is 2.22. The molecule has 4 nitrogen and oxygen atoms in total. The van der Waals surface area contributed by atoms with Gasteiger partial charge in [-0.2, -0.15) is 0 Å². The molecule has 0 aliphatic rings. The molecule has 98 valence electrons. The second-order valence-electron chi connectivity index (χ2n) is 4.30. The quantitative estimate of drug-likeness (QED) is 0.739. The molecule has 0 spiro atoms. The van der Waals surface area contributed by atoms with Crippen molar-refractivity contribution in [3.05, 3.63) is 59.7 Å². The van der Waals surface area contributed by atoms with E-state index in [1.165, 1.54) is 6.07 Å². The molecule has 2 rings (SSSR count). The van der Waals surface area contributed by atoms with Crippen molar-refractivity contribution in [3.8, 4) is 5.75 Å². The summed E-state index contributed by atoms with van der Waals surface area (Å²) in [6.07, 6.45) is -1.21. The second-order valence-corrected chi connectivity index (χ2v) is 4.30. The molecule has 3 N–H and O–H groups in total. The third-order valence-corrected chi connectivity index (χ3v) is 2.83. The number of aliphatic hydroxyl groups is 1. The molecule has 2 aromatic rings. The number of rotatable bonds is 3. The fraction of sp³-hybridized carbons (Fsp3) is 0.133. The van der Waals surface area contributed by atoms with Gasteiger partial charge in [0.15, 0.2) is 6.10 Å². The van der Waals surface area contributed by atoms with E-state index in [1.54, 1.807) is 43.3 Å². The summed E-state index contributed by atoms with van der Waals surface area (Å²) in [6.45, 7) is 1.77. The molecule has 0 fully saturated rings. The normalized spacial score (nSPS) is 11.9. The fourth-order valence-corrected chi connectivity index (χ4v) is 1.78. The minimum atomic E-state index is -1.21. The van der Waals surface area contributed by atoms with Crippen molar-refractivity contribution in [2.45, 2.75) is 13.0 Å². The van der Waals surface area contributed by atoms with Crippen LogP contribution in [0.2, 0.25) is 0 Å². The Morgan fingerprint density at radius 3 is 2.47 bits per heavy atom. The van der Waals surface area contributed by atoms with E-state index in [0.29, 0.717) is 11.3 Å². The first-order valence-electron chi connectivity index (χ1n) is 5.91. The fourth-order valence-electron chi connectivity index (χ4n) is 1.78. The minimum Gasteiger partial charge on any atom is -0.508 e. The molecule has 1 unspecified atom stereocenters. The van der Waals surface area contributed by atoms with E-state index in [4.69, 9.17) is 0 Å². The number of carbonyl (C=O) groups is 1. The lowest BCUT2D eigenvalue weighted by Crippen LogP contribution is -2.21. The van der Waals surface area contributed by atoms with Crippen LogP contribution in [0.3, 0.4) is 0 Å². The van der Waals surface area contributed by atoms with Gasteiger partial charge in [-0.3, -0.25) is 4.79 Å². The van der Waals surface area contributed by atoms with Gasteiger partial charge in [0.2, 0.25) is 0 Å². The van der Waals surface area contributed by atoms with Crippen LogP contribution < -0.4 is 5.32 Å². The molecular formula is C15H15NO3. The number of phenols is 1. The zero-order chi connectivity index (χ0) is 13.8. The standard InChI is InChI=1S/C15H15NO3/c1-10-9-12(17)7-8-13(10)16-15(19)14(18)11-5-3-2-4-6-11/h2-9,14,17-18H,1H3,(H,16,19). The highest BCUT2D eigenvalue weighted by molar-refractivity contribution is 5.95. The molecule has 1 amide bonds. The van der Waals surface area contributed by atoms with Gasteiger partial charge in [0.1, 0.15) is 5.75 Å². The number of benzene rings is 2. The summed E-state index contributed by atoms with van der Waals surface area (Å²) < 4.78 is 0. The Balaban J connectivity index is 2.13. The first-order valence-corrected chi connectivity index (χ1v) is 5.91. The first kappa shape index (κ1) is 13.1. The van der Waals surface area contributed by atoms with Crippen molar-refractivity contribution in [2.75, 3.05) is 5.32 Å². The largest absolute Gasteiger partial charge is 0.508 e. The van der Waals surface area contributed by atoms with Crippen molar-refractivity contribution >= 4 is 11.6 Å². The van der Waals surface area contributed by atoms with Crippen molar-refractivity contribution in [1.82, 2.24) is 0 Å². The van der Waals surface area contributed by atoms with Crippen LogP contribution >= 0.6 is 0 Å². The van der Waals surface area contributed by atoms with Crippen molar-refractivity contribution in [3.63, 3.8) is 0 Å². The predicted molar refractivity (Wildman–Crippen MR) is 72.9 cm³/mol. The van der Waals surface area contributed by atoms with E-state index in [0.717, 1.165) is 5.56 Å². The Morgan fingerprint density at radius 2 is 1.84 bits per heavy atom. The Bertz CT molecular complexity index is 581. The van der Waals surface area contributed by atoms with Crippen LogP contribution in [-0.4, -0.2) is 16.1 Å². The lowest BCUT2D eigenvalue weighted by Gasteiger charge is -2.13. The van der Waals surface area contributed by atoms with E-state index >= 15 is 0 Å². The summed E-state index contributed by atoms with van der Waals surface area (Å²) in [6, 6.07) is 13.3. The molecule has 2 aromatic carbocycles. The lowest BCUT2D eigenvalue weighted by molar-refractivity contribution is -0.124. The topological polar surface area (TPSA) is 69.6 Å². The average Bonchev–Trinajstić information content (AvgIpc) is 2.42. The predicted octanol–water partition coefficient (Wildman–Crippen LogP) is 2.37. The maximum absolute atomic E-state index is 11.9. The number of amides is 1. The van der Waals surface area contributed by atoms with E-state index < -0.39 is 12.0 Å². The number of phenolic OH excluding ortho intramolecular Hbond substituents is 1. The summed E-state index contributed by atoms with van der Waals surface area (Å²) >= 11 is 0. The Morgan fingerprint density at radius 1 is 1.16 bits per heavy atom. The van der Waals surface area contributed by atoms with Crippen LogP contribution in [-0.2, 0) is 4.79 Å². The summed E-state index contributed by atoms with van der Waals surface area (Å²) in [5.41, 5.74) is 1.84. The van der Waals surface area contributed by atoms with Crippen molar-refractivity contribution < 1.29 is 15.0 Å². The van der Waals surface area contributed by atoms with Crippen LogP contribution in [0.5, 0.6) is 5.75 Å². The molecule has 0 saturated carbocycles. The van der Waals surface area contributed by atoms with Crippen molar-refractivity contribution in [2.24, 2.45) is 0 Å². The van der Waals surface area contributed by atoms with E-state index in [2.05, 4.69) is 5.32 Å². The van der Waals surface area contributed by atoms with Gasteiger partial charge < -0.3 is 15.5 Å². The van der Waals surface area contributed by atoms with E-state index in [1.807, 2.05) is 6.07 Å². The van der Waals surface area contributed by atoms with Gasteiger partial charge in [0.05, 0.1) is 0 Å². The molecule has 0 bridgehead atoms. The SMILES string of the molecule is Cc1cc(O)ccc1NC(=O)C(O)c1ccccc1. The molecule has 0 heterocycles. The van der Waals surface area contributed by atoms with Gasteiger partial charge in [-0.25, -0.2) is 0 Å². The Kier molecular flexibility index (Phi) is 3.82. The number of aryl methyl sites for hydroxylation is 1. The molecular weight excluding hydrogens is 242 g/mol. The molecule has 0 radical (unpaired) electrons. The molecule has 0 aliphatic carbocycles. The highest BCUT2D eigenvalue weighted by atomic mass is 16.3. The van der Waals surface area contributed by atoms with Crippen LogP contribution in [0.4, 0.5) is 5.69 Å². The summed E-state index contributed by atoms with van der Waals surface area (Å²) in [7, 11) is 0. The number of anilines is 1. The van der Waals surface area contributed by atoms with Crippen LogP contribution in [0, 0.1) is 6.92 Å². The number of hydrogen-bond acceptors (Lipinski definition) is 3. The number of carbonyl (C=O) groups excluding carboxylic acids is 1. The van der Waals surface area contributed by atoms with Crippen LogP contribution in [0.25, 0.3) is 0 Å². The zero-order valence-corrected chi connectivity index (χ0v) is 10.5. The summed E-state index contributed by atoms with van der Waals surface area (Å²) in [5, 5.41) is 21.9. The smallest absolute Gasteiger partial charge is 0.257 e. The second kappa shape index (κ2) is 5.54. The number of nitrogens with one attached hydrogen (secondary N) is 1. The first-order chi connectivity index (χ1) is 9.08.